The molecule has 0 aromatic heterocycles. The fourth-order valence-electron chi connectivity index (χ4n) is 0.797. The summed E-state index contributed by atoms with van der Waals surface area (Å²) in [7, 11) is 0. The lowest BCUT2D eigenvalue weighted by Crippen LogP contribution is -2.44. The van der Waals surface area contributed by atoms with Crippen molar-refractivity contribution in [3.63, 3.8) is 0 Å². The second-order valence-corrected chi connectivity index (χ2v) is 3.67. The molecular formula is C9H21NO2. The van der Waals surface area contributed by atoms with Gasteiger partial charge in [-0.2, -0.15) is 0 Å². The summed E-state index contributed by atoms with van der Waals surface area (Å²) in [5, 5.41) is 12.9. The Morgan fingerprint density at radius 1 is 1.50 bits per heavy atom. The molecule has 3 heteroatoms. The summed E-state index contributed by atoms with van der Waals surface area (Å²) in [6.45, 7) is 9.42. The molecule has 74 valence electrons. The molecule has 0 fully saturated rings. The van der Waals surface area contributed by atoms with Crippen molar-refractivity contribution in [3.8, 4) is 0 Å². The van der Waals surface area contributed by atoms with E-state index >= 15 is 0 Å². The molecule has 0 radical (unpaired) electrons. The molecule has 0 rings (SSSR count). The molecule has 0 spiro atoms. The maximum Gasteiger partial charge on any atom is 0.0975 e. The van der Waals surface area contributed by atoms with Gasteiger partial charge in [-0.3, -0.25) is 0 Å². The van der Waals surface area contributed by atoms with Crippen molar-refractivity contribution >= 4 is 0 Å². The van der Waals surface area contributed by atoms with Gasteiger partial charge in [0.25, 0.3) is 0 Å². The summed E-state index contributed by atoms with van der Waals surface area (Å²) in [5.41, 5.74) is -0.750. The summed E-state index contributed by atoms with van der Waals surface area (Å²) in [4.78, 5) is 0. The Labute approximate surface area is 75.1 Å². The van der Waals surface area contributed by atoms with Gasteiger partial charge >= 0.3 is 0 Å². The zero-order valence-corrected chi connectivity index (χ0v) is 8.55. The van der Waals surface area contributed by atoms with Crippen LogP contribution in [0.2, 0.25) is 0 Å². The highest BCUT2D eigenvalue weighted by atomic mass is 16.5. The number of ether oxygens (including phenoxy) is 1. The minimum absolute atomic E-state index is 0.392. The third kappa shape index (κ3) is 6.58. The first-order valence-corrected chi connectivity index (χ1v) is 4.51. The zero-order chi connectivity index (χ0) is 9.61. The van der Waals surface area contributed by atoms with E-state index in [9.17, 15) is 5.11 Å². The van der Waals surface area contributed by atoms with Gasteiger partial charge in [0.1, 0.15) is 0 Å². The van der Waals surface area contributed by atoms with Crippen LogP contribution < -0.4 is 5.32 Å². The van der Waals surface area contributed by atoms with E-state index in [0.29, 0.717) is 25.8 Å². The van der Waals surface area contributed by atoms with Crippen molar-refractivity contribution in [2.24, 2.45) is 0 Å². The van der Waals surface area contributed by atoms with Crippen molar-refractivity contribution in [2.45, 2.75) is 39.3 Å². The van der Waals surface area contributed by atoms with Crippen molar-refractivity contribution in [1.29, 1.82) is 0 Å². The first-order chi connectivity index (χ1) is 5.48. The van der Waals surface area contributed by atoms with E-state index in [2.05, 4.69) is 19.2 Å². The Morgan fingerprint density at radius 3 is 2.50 bits per heavy atom. The van der Waals surface area contributed by atoms with Gasteiger partial charge < -0.3 is 15.2 Å². The Hall–Kier alpha value is -0.120. The van der Waals surface area contributed by atoms with E-state index < -0.39 is 5.60 Å². The number of aliphatic hydroxyl groups is 1. The van der Waals surface area contributed by atoms with Crippen molar-refractivity contribution in [2.75, 3.05) is 19.8 Å². The quantitative estimate of drug-likeness (QED) is 0.626. The predicted octanol–water partition coefficient (Wildman–Crippen LogP) is 0.772. The lowest BCUT2D eigenvalue weighted by molar-refractivity contribution is -0.0298. The van der Waals surface area contributed by atoms with Crippen LogP contribution in [0.1, 0.15) is 27.7 Å². The maximum absolute atomic E-state index is 9.71. The molecule has 0 aromatic rings. The van der Waals surface area contributed by atoms with Gasteiger partial charge in [0, 0.05) is 19.2 Å². The van der Waals surface area contributed by atoms with E-state index in [-0.39, 0.29) is 0 Å². The van der Waals surface area contributed by atoms with Crippen LogP contribution in [-0.4, -0.2) is 36.5 Å². The first-order valence-electron chi connectivity index (χ1n) is 4.51. The second kappa shape index (κ2) is 5.51. The van der Waals surface area contributed by atoms with Gasteiger partial charge in [-0.1, -0.05) is 13.8 Å². The summed E-state index contributed by atoms with van der Waals surface area (Å²) >= 11 is 0. The van der Waals surface area contributed by atoms with Crippen molar-refractivity contribution in [3.05, 3.63) is 0 Å². The van der Waals surface area contributed by atoms with Gasteiger partial charge in [0.15, 0.2) is 0 Å². The van der Waals surface area contributed by atoms with Gasteiger partial charge in [-0.05, 0) is 13.8 Å². The van der Waals surface area contributed by atoms with Gasteiger partial charge in [0.05, 0.1) is 12.2 Å². The normalized spacial score (nSPS) is 16.5. The first kappa shape index (κ1) is 11.9. The summed E-state index contributed by atoms with van der Waals surface area (Å²) < 4.78 is 5.14. The summed E-state index contributed by atoms with van der Waals surface area (Å²) in [6.07, 6.45) is 0. The van der Waals surface area contributed by atoms with Crippen LogP contribution in [-0.2, 0) is 4.74 Å². The zero-order valence-electron chi connectivity index (χ0n) is 8.55. The molecule has 2 N–H and O–H groups in total. The van der Waals surface area contributed by atoms with E-state index in [0.717, 1.165) is 0 Å². The molecule has 0 heterocycles. The van der Waals surface area contributed by atoms with Crippen molar-refractivity contribution in [1.82, 2.24) is 5.32 Å². The highest BCUT2D eigenvalue weighted by Gasteiger charge is 2.19. The summed E-state index contributed by atoms with van der Waals surface area (Å²) in [5.74, 6) is 0. The van der Waals surface area contributed by atoms with Crippen LogP contribution in [0.4, 0.5) is 0 Å². The molecule has 0 aliphatic rings. The molecule has 3 nitrogen and oxygen atoms in total. The second-order valence-electron chi connectivity index (χ2n) is 3.67. The molecule has 12 heavy (non-hydrogen) atoms. The molecule has 0 aliphatic heterocycles. The van der Waals surface area contributed by atoms with E-state index in [4.69, 9.17) is 4.74 Å². The highest BCUT2D eigenvalue weighted by molar-refractivity contribution is 4.75. The van der Waals surface area contributed by atoms with Crippen LogP contribution in [0.3, 0.4) is 0 Å². The minimum atomic E-state index is -0.750. The van der Waals surface area contributed by atoms with Crippen molar-refractivity contribution < 1.29 is 9.84 Å². The Morgan fingerprint density at radius 2 is 2.08 bits per heavy atom. The molecule has 1 unspecified atom stereocenters. The van der Waals surface area contributed by atoms with Gasteiger partial charge in [-0.25, -0.2) is 0 Å². The van der Waals surface area contributed by atoms with Crippen LogP contribution >= 0.6 is 0 Å². The smallest absolute Gasteiger partial charge is 0.0975 e. The molecule has 0 amide bonds. The average molecular weight is 175 g/mol. The molecule has 0 aliphatic carbocycles. The van der Waals surface area contributed by atoms with E-state index in [1.807, 2.05) is 6.92 Å². The van der Waals surface area contributed by atoms with Crippen LogP contribution in [0.15, 0.2) is 0 Å². The fraction of sp³-hybridized carbons (Fsp3) is 1.00. The monoisotopic (exact) mass is 175 g/mol. The third-order valence-electron chi connectivity index (χ3n) is 1.51. The molecule has 0 saturated heterocycles. The number of hydrogen-bond acceptors (Lipinski definition) is 3. The third-order valence-corrected chi connectivity index (χ3v) is 1.51. The number of nitrogens with one attached hydrogen (secondary N) is 1. The number of hydrogen-bond donors (Lipinski definition) is 2. The summed E-state index contributed by atoms with van der Waals surface area (Å²) in [6, 6.07) is 0.401. The Balaban J connectivity index is 3.56. The van der Waals surface area contributed by atoms with Crippen LogP contribution in [0.25, 0.3) is 0 Å². The van der Waals surface area contributed by atoms with Crippen LogP contribution in [0, 0.1) is 0 Å². The largest absolute Gasteiger partial charge is 0.386 e. The molecular weight excluding hydrogens is 154 g/mol. The predicted molar refractivity (Wildman–Crippen MR) is 50.3 cm³/mol. The van der Waals surface area contributed by atoms with E-state index in [1.165, 1.54) is 0 Å². The molecule has 0 aromatic carbocycles. The highest BCUT2D eigenvalue weighted by Crippen LogP contribution is 2.02. The molecule has 0 saturated carbocycles. The lowest BCUT2D eigenvalue weighted by atomic mass is 10.1. The average Bonchev–Trinajstić information content (AvgIpc) is 1.98. The molecule has 1 atom stereocenters. The van der Waals surface area contributed by atoms with Gasteiger partial charge in [0.2, 0.25) is 0 Å². The molecule has 0 bridgehead atoms. The number of rotatable bonds is 6. The standard InChI is InChI=1S/C9H21NO2/c1-5-12-7-9(4,11)6-10-8(2)3/h8,10-11H,5-7H2,1-4H3. The Kier molecular flexibility index (Phi) is 5.46. The topological polar surface area (TPSA) is 41.5 Å². The fourth-order valence-corrected chi connectivity index (χ4v) is 0.797. The Bertz CT molecular complexity index is 113. The lowest BCUT2D eigenvalue weighted by Gasteiger charge is -2.24. The van der Waals surface area contributed by atoms with Crippen LogP contribution in [0.5, 0.6) is 0 Å². The van der Waals surface area contributed by atoms with Gasteiger partial charge in [-0.15, -0.1) is 0 Å². The SMILES string of the molecule is CCOCC(C)(O)CNC(C)C. The maximum atomic E-state index is 9.71. The van der Waals surface area contributed by atoms with E-state index in [1.54, 1.807) is 6.92 Å². The minimum Gasteiger partial charge on any atom is -0.386 e.